The molecule has 2 aliphatic heterocycles. The molecule has 36 heavy (non-hydrogen) atoms. The van der Waals surface area contributed by atoms with Gasteiger partial charge in [0, 0.05) is 42.7 Å². The predicted molar refractivity (Wildman–Crippen MR) is 138 cm³/mol. The Labute approximate surface area is 220 Å². The fraction of sp³-hybridized carbons (Fsp3) is 0.423. The smallest absolute Gasteiger partial charge is 0.341 e. The highest BCUT2D eigenvalue weighted by atomic mass is 35.5. The number of piperidine rings is 1. The van der Waals surface area contributed by atoms with Crippen molar-refractivity contribution < 1.29 is 23.9 Å². The van der Waals surface area contributed by atoms with Gasteiger partial charge in [0.1, 0.15) is 11.3 Å². The summed E-state index contributed by atoms with van der Waals surface area (Å²) >= 11 is 12.2. The summed E-state index contributed by atoms with van der Waals surface area (Å²) in [6, 6.07) is 11.6. The van der Waals surface area contributed by atoms with Gasteiger partial charge in [0.25, 0.3) is 5.91 Å². The Balaban J connectivity index is 1.35. The molecule has 10 heteroatoms. The van der Waals surface area contributed by atoms with E-state index in [4.69, 9.17) is 32.7 Å². The molecule has 2 aromatic rings. The van der Waals surface area contributed by atoms with Gasteiger partial charge >= 0.3 is 5.97 Å². The SMILES string of the molecule is COC(=O)c1cc(Cl)c(NC(C)=O)cc1OCC(=O)NC1C[C@H]2CC[C@@H](C1)N2Cc1ccc(Cl)cc1. The normalized spacial score (nSPS) is 21.1. The Bertz CT molecular complexity index is 1130. The zero-order valence-corrected chi connectivity index (χ0v) is 21.7. The Hall–Kier alpha value is -2.81. The Morgan fingerprint density at radius 2 is 1.72 bits per heavy atom. The number of amides is 2. The molecule has 0 radical (unpaired) electrons. The van der Waals surface area contributed by atoms with Crippen LogP contribution in [0.5, 0.6) is 5.75 Å². The first-order valence-corrected chi connectivity index (χ1v) is 12.6. The molecule has 0 aromatic heterocycles. The fourth-order valence-corrected chi connectivity index (χ4v) is 5.43. The highest BCUT2D eigenvalue weighted by Gasteiger charge is 2.40. The van der Waals surface area contributed by atoms with Gasteiger partial charge in [0.2, 0.25) is 5.91 Å². The number of halogens is 2. The van der Waals surface area contributed by atoms with Gasteiger partial charge in [-0.15, -0.1) is 0 Å². The molecule has 2 bridgehead atoms. The summed E-state index contributed by atoms with van der Waals surface area (Å²) < 4.78 is 10.5. The molecule has 0 saturated carbocycles. The van der Waals surface area contributed by atoms with Crippen molar-refractivity contribution in [1.82, 2.24) is 10.2 Å². The minimum atomic E-state index is -0.661. The average Bonchev–Trinajstić information content (AvgIpc) is 3.06. The zero-order valence-electron chi connectivity index (χ0n) is 20.2. The van der Waals surface area contributed by atoms with Crippen LogP contribution in [0.4, 0.5) is 5.69 Å². The number of nitrogens with one attached hydrogen (secondary N) is 2. The number of hydrogen-bond donors (Lipinski definition) is 2. The number of esters is 1. The first-order valence-electron chi connectivity index (χ1n) is 11.8. The van der Waals surface area contributed by atoms with Crippen LogP contribution in [-0.2, 0) is 20.9 Å². The van der Waals surface area contributed by atoms with Crippen LogP contribution in [0.1, 0.15) is 48.5 Å². The van der Waals surface area contributed by atoms with Crippen molar-refractivity contribution in [2.75, 3.05) is 19.0 Å². The van der Waals surface area contributed by atoms with Gasteiger partial charge in [0.15, 0.2) is 6.61 Å². The van der Waals surface area contributed by atoms with Crippen LogP contribution in [0, 0.1) is 0 Å². The third kappa shape index (κ3) is 6.30. The number of methoxy groups -OCH3 is 1. The summed E-state index contributed by atoms with van der Waals surface area (Å²) in [6.07, 6.45) is 3.97. The number of nitrogens with zero attached hydrogens (tertiary/aromatic N) is 1. The third-order valence-corrected chi connectivity index (χ3v) is 7.24. The molecule has 2 aromatic carbocycles. The van der Waals surface area contributed by atoms with Crippen molar-refractivity contribution in [3.8, 4) is 5.75 Å². The largest absolute Gasteiger partial charge is 0.483 e. The number of carbonyl (C=O) groups is 3. The van der Waals surface area contributed by atoms with Crippen LogP contribution < -0.4 is 15.4 Å². The minimum Gasteiger partial charge on any atom is -0.483 e. The Morgan fingerprint density at radius 1 is 1.06 bits per heavy atom. The van der Waals surface area contributed by atoms with Gasteiger partial charge in [-0.2, -0.15) is 0 Å². The van der Waals surface area contributed by atoms with Crippen LogP contribution in [0.25, 0.3) is 0 Å². The molecule has 0 aliphatic carbocycles. The summed E-state index contributed by atoms with van der Waals surface area (Å²) in [7, 11) is 1.24. The molecule has 2 amide bonds. The van der Waals surface area contributed by atoms with E-state index in [0.717, 1.165) is 37.3 Å². The molecular weight excluding hydrogens is 505 g/mol. The third-order valence-electron chi connectivity index (χ3n) is 6.67. The van der Waals surface area contributed by atoms with E-state index in [0.29, 0.717) is 12.1 Å². The first kappa shape index (κ1) is 26.3. The maximum atomic E-state index is 12.7. The monoisotopic (exact) mass is 533 g/mol. The maximum Gasteiger partial charge on any atom is 0.341 e. The summed E-state index contributed by atoms with van der Waals surface area (Å²) in [5.41, 5.74) is 1.57. The van der Waals surface area contributed by atoms with Crippen LogP contribution >= 0.6 is 23.2 Å². The maximum absolute atomic E-state index is 12.7. The first-order chi connectivity index (χ1) is 17.2. The van der Waals surface area contributed by atoms with Gasteiger partial charge in [-0.05, 0) is 49.4 Å². The lowest BCUT2D eigenvalue weighted by atomic mass is 9.96. The summed E-state index contributed by atoms with van der Waals surface area (Å²) in [5.74, 6) is -1.17. The van der Waals surface area contributed by atoms with Crippen LogP contribution in [0.15, 0.2) is 36.4 Å². The molecular formula is C26H29Cl2N3O5. The summed E-state index contributed by atoms with van der Waals surface area (Å²) in [5, 5.41) is 6.55. The fourth-order valence-electron chi connectivity index (χ4n) is 5.09. The van der Waals surface area contributed by atoms with Gasteiger partial charge in [-0.25, -0.2) is 4.79 Å². The van der Waals surface area contributed by atoms with Crippen LogP contribution in [0.2, 0.25) is 10.0 Å². The number of benzene rings is 2. The molecule has 2 saturated heterocycles. The van der Waals surface area contributed by atoms with Crippen molar-refractivity contribution in [2.24, 2.45) is 0 Å². The summed E-state index contributed by atoms with van der Waals surface area (Å²) in [4.78, 5) is 38.9. The van der Waals surface area contributed by atoms with E-state index >= 15 is 0 Å². The lowest BCUT2D eigenvalue weighted by Crippen LogP contribution is -2.50. The number of fused-ring (bicyclic) bond motifs is 2. The van der Waals surface area contributed by atoms with Crippen molar-refractivity contribution in [3.05, 3.63) is 57.6 Å². The van der Waals surface area contributed by atoms with E-state index < -0.39 is 5.97 Å². The van der Waals surface area contributed by atoms with Crippen molar-refractivity contribution in [2.45, 2.75) is 57.3 Å². The van der Waals surface area contributed by atoms with Gasteiger partial charge < -0.3 is 20.1 Å². The van der Waals surface area contributed by atoms with Gasteiger partial charge in [-0.3, -0.25) is 14.5 Å². The van der Waals surface area contributed by atoms with Gasteiger partial charge in [0.05, 0.1) is 17.8 Å². The molecule has 3 atom stereocenters. The minimum absolute atomic E-state index is 0.0558. The summed E-state index contributed by atoms with van der Waals surface area (Å²) in [6.45, 7) is 1.93. The van der Waals surface area contributed by atoms with E-state index in [9.17, 15) is 14.4 Å². The second kappa shape index (κ2) is 11.5. The van der Waals surface area contributed by atoms with E-state index in [1.807, 2.05) is 12.1 Å². The molecule has 2 fully saturated rings. The Kier molecular flexibility index (Phi) is 8.39. The standard InChI is InChI=1S/C26H29Cl2N3O5/c1-15(32)29-23-12-24(21(11-22(23)28)26(34)35-2)36-14-25(33)30-18-9-19-7-8-20(10-18)31(19)13-16-3-5-17(27)6-4-16/h3-6,11-12,18-20H,7-10,13-14H2,1-2H3,(H,29,32)(H,30,33)/t18?,19-,20+. The molecule has 2 heterocycles. The van der Waals surface area contributed by atoms with E-state index in [1.54, 1.807) is 0 Å². The molecule has 2 N–H and O–H groups in total. The van der Waals surface area contributed by atoms with E-state index in [-0.39, 0.29) is 46.5 Å². The quantitative estimate of drug-likeness (QED) is 0.487. The second-order valence-electron chi connectivity index (χ2n) is 9.21. The average molecular weight is 534 g/mol. The lowest BCUT2D eigenvalue weighted by Gasteiger charge is -2.39. The molecule has 0 spiro atoms. The van der Waals surface area contributed by atoms with Gasteiger partial charge in [-0.1, -0.05) is 35.3 Å². The highest BCUT2D eigenvalue weighted by molar-refractivity contribution is 6.34. The van der Waals surface area contributed by atoms with Crippen molar-refractivity contribution in [3.63, 3.8) is 0 Å². The number of carbonyl (C=O) groups excluding carboxylic acids is 3. The molecule has 192 valence electrons. The molecule has 1 unspecified atom stereocenters. The zero-order chi connectivity index (χ0) is 25.8. The second-order valence-corrected chi connectivity index (χ2v) is 10.1. The van der Waals surface area contributed by atoms with Crippen LogP contribution in [-0.4, -0.2) is 54.5 Å². The molecule has 2 aliphatic rings. The van der Waals surface area contributed by atoms with Crippen LogP contribution in [0.3, 0.4) is 0 Å². The lowest BCUT2D eigenvalue weighted by molar-refractivity contribution is -0.124. The number of hydrogen-bond acceptors (Lipinski definition) is 6. The van der Waals surface area contributed by atoms with E-state index in [2.05, 4.69) is 27.7 Å². The topological polar surface area (TPSA) is 97.0 Å². The predicted octanol–water partition coefficient (Wildman–Crippen LogP) is 4.43. The number of rotatable bonds is 8. The number of ether oxygens (including phenoxy) is 2. The van der Waals surface area contributed by atoms with E-state index in [1.165, 1.54) is 31.7 Å². The molecule has 4 rings (SSSR count). The van der Waals surface area contributed by atoms with Crippen molar-refractivity contribution in [1.29, 1.82) is 0 Å². The highest BCUT2D eigenvalue weighted by Crippen LogP contribution is 2.37. The molecule has 8 nitrogen and oxygen atoms in total. The Morgan fingerprint density at radius 3 is 2.33 bits per heavy atom. The van der Waals surface area contributed by atoms with Crippen molar-refractivity contribution >= 4 is 46.7 Å². The number of anilines is 1.